The van der Waals surface area contributed by atoms with Crippen LogP contribution in [0.2, 0.25) is 0 Å². The summed E-state index contributed by atoms with van der Waals surface area (Å²) in [6, 6.07) is 14.4. The zero-order chi connectivity index (χ0) is 22.1. The van der Waals surface area contributed by atoms with Crippen molar-refractivity contribution in [3.05, 3.63) is 74.4 Å². The Morgan fingerprint density at radius 3 is 2.20 bits per heavy atom. The van der Waals surface area contributed by atoms with Gasteiger partial charge in [-0.3, -0.25) is 4.79 Å². The van der Waals surface area contributed by atoms with Gasteiger partial charge in [0.2, 0.25) is 0 Å². The molecule has 3 aromatic rings. The number of amides is 1. The van der Waals surface area contributed by atoms with E-state index in [1.165, 1.54) is 32.8 Å². The van der Waals surface area contributed by atoms with Gasteiger partial charge >= 0.3 is 0 Å². The minimum atomic E-state index is -0.187. The first-order valence-corrected chi connectivity index (χ1v) is 11.5. The molecule has 30 heavy (non-hydrogen) atoms. The zero-order valence-electron chi connectivity index (χ0n) is 19.2. The van der Waals surface area contributed by atoms with E-state index in [0.29, 0.717) is 5.56 Å². The summed E-state index contributed by atoms with van der Waals surface area (Å²) in [7, 11) is 0. The molecular formula is C26H32N2OS. The van der Waals surface area contributed by atoms with E-state index in [1.54, 1.807) is 11.3 Å². The van der Waals surface area contributed by atoms with Crippen molar-refractivity contribution in [1.29, 1.82) is 0 Å². The molecule has 0 unspecified atom stereocenters. The van der Waals surface area contributed by atoms with Crippen LogP contribution >= 0.6 is 11.3 Å². The van der Waals surface area contributed by atoms with Crippen molar-refractivity contribution in [2.45, 2.75) is 66.8 Å². The topological polar surface area (TPSA) is 34.4 Å². The lowest BCUT2D eigenvalue weighted by Crippen LogP contribution is -2.17. The van der Waals surface area contributed by atoms with Gasteiger partial charge in [-0.15, -0.1) is 11.3 Å². The smallest absolute Gasteiger partial charge is 0.279 e. The molecule has 3 rings (SSSR count). The molecule has 4 heteroatoms. The SMILES string of the molecule is CCc1sc(=NC(=O)c2ccc(C(C)(C)C)cc2)n(CC)c1-c1ccc(C)c(C)c1. The fourth-order valence-corrected chi connectivity index (χ4v) is 4.69. The number of carbonyl (C=O) groups excluding carboxylic acids is 1. The van der Waals surface area contributed by atoms with Crippen LogP contribution in [-0.2, 0) is 18.4 Å². The van der Waals surface area contributed by atoms with Crippen LogP contribution in [0.15, 0.2) is 47.5 Å². The molecule has 0 spiro atoms. The lowest BCUT2D eigenvalue weighted by Gasteiger charge is -2.18. The van der Waals surface area contributed by atoms with Gasteiger partial charge in [-0.05, 0) is 73.1 Å². The van der Waals surface area contributed by atoms with Crippen molar-refractivity contribution in [3.63, 3.8) is 0 Å². The fourth-order valence-electron chi connectivity index (χ4n) is 3.55. The molecule has 0 fully saturated rings. The van der Waals surface area contributed by atoms with Gasteiger partial charge in [0.05, 0.1) is 5.69 Å². The van der Waals surface area contributed by atoms with Crippen LogP contribution in [0.25, 0.3) is 11.3 Å². The maximum absolute atomic E-state index is 12.9. The minimum absolute atomic E-state index is 0.0643. The average molecular weight is 421 g/mol. The van der Waals surface area contributed by atoms with Crippen LogP contribution < -0.4 is 4.80 Å². The Morgan fingerprint density at radius 1 is 1.00 bits per heavy atom. The molecule has 0 aliphatic heterocycles. The number of carbonyl (C=O) groups is 1. The van der Waals surface area contributed by atoms with E-state index in [2.05, 4.69) is 76.2 Å². The van der Waals surface area contributed by atoms with Crippen molar-refractivity contribution >= 4 is 17.2 Å². The third-order valence-corrected chi connectivity index (χ3v) is 6.81. The van der Waals surface area contributed by atoms with E-state index in [1.807, 2.05) is 24.3 Å². The lowest BCUT2D eigenvalue weighted by molar-refractivity contribution is 0.0997. The first kappa shape index (κ1) is 22.2. The number of nitrogens with zero attached hydrogens (tertiary/aromatic N) is 2. The number of aromatic nitrogens is 1. The summed E-state index contributed by atoms with van der Waals surface area (Å²) in [5, 5.41) is 0. The second-order valence-electron chi connectivity index (χ2n) is 8.80. The summed E-state index contributed by atoms with van der Waals surface area (Å²) < 4.78 is 2.18. The fraction of sp³-hybridized carbons (Fsp3) is 0.385. The Balaban J connectivity index is 2.07. The highest BCUT2D eigenvalue weighted by Crippen LogP contribution is 2.28. The van der Waals surface area contributed by atoms with Gasteiger partial charge in [-0.2, -0.15) is 4.99 Å². The van der Waals surface area contributed by atoms with Gasteiger partial charge in [0.25, 0.3) is 5.91 Å². The molecule has 0 aliphatic carbocycles. The van der Waals surface area contributed by atoms with Crippen molar-refractivity contribution in [2.75, 3.05) is 0 Å². The second kappa shape index (κ2) is 8.73. The second-order valence-corrected chi connectivity index (χ2v) is 9.86. The zero-order valence-corrected chi connectivity index (χ0v) is 20.0. The molecule has 0 N–H and O–H groups in total. The van der Waals surface area contributed by atoms with Crippen LogP contribution in [0, 0.1) is 13.8 Å². The molecular weight excluding hydrogens is 388 g/mol. The molecule has 3 nitrogen and oxygen atoms in total. The highest BCUT2D eigenvalue weighted by Gasteiger charge is 2.17. The van der Waals surface area contributed by atoms with Crippen LogP contribution in [0.1, 0.15) is 66.5 Å². The van der Waals surface area contributed by atoms with Gasteiger partial charge in [-0.25, -0.2) is 0 Å². The Labute approximate surface area is 184 Å². The highest BCUT2D eigenvalue weighted by molar-refractivity contribution is 7.09. The molecule has 0 radical (unpaired) electrons. The van der Waals surface area contributed by atoms with E-state index >= 15 is 0 Å². The van der Waals surface area contributed by atoms with Crippen molar-refractivity contribution < 1.29 is 4.79 Å². The van der Waals surface area contributed by atoms with E-state index in [0.717, 1.165) is 17.8 Å². The Bertz CT molecular complexity index is 1130. The van der Waals surface area contributed by atoms with Gasteiger partial charge in [0.1, 0.15) is 0 Å². The van der Waals surface area contributed by atoms with Gasteiger partial charge in [-0.1, -0.05) is 52.0 Å². The molecule has 0 saturated carbocycles. The largest absolute Gasteiger partial charge is 0.316 e. The summed E-state index contributed by atoms with van der Waals surface area (Å²) in [4.78, 5) is 19.5. The summed E-state index contributed by atoms with van der Waals surface area (Å²) >= 11 is 1.62. The van der Waals surface area contributed by atoms with Crippen molar-refractivity contribution in [3.8, 4) is 11.3 Å². The minimum Gasteiger partial charge on any atom is -0.316 e. The third-order valence-electron chi connectivity index (χ3n) is 5.59. The third kappa shape index (κ3) is 4.49. The predicted octanol–water partition coefficient (Wildman–Crippen LogP) is 6.45. The summed E-state index contributed by atoms with van der Waals surface area (Å²) in [5.41, 5.74) is 6.84. The quantitative estimate of drug-likeness (QED) is 0.477. The molecule has 0 bridgehead atoms. The number of benzene rings is 2. The predicted molar refractivity (Wildman–Crippen MR) is 127 cm³/mol. The number of hydrogen-bond donors (Lipinski definition) is 0. The first-order valence-electron chi connectivity index (χ1n) is 10.7. The molecule has 1 heterocycles. The average Bonchev–Trinajstić information content (AvgIpc) is 3.06. The number of thiazole rings is 1. The van der Waals surface area contributed by atoms with Crippen LogP contribution in [0.3, 0.4) is 0 Å². The van der Waals surface area contributed by atoms with E-state index in [4.69, 9.17) is 0 Å². The van der Waals surface area contributed by atoms with Crippen molar-refractivity contribution in [1.82, 2.24) is 4.57 Å². The monoisotopic (exact) mass is 420 g/mol. The lowest BCUT2D eigenvalue weighted by atomic mass is 9.87. The molecule has 0 atom stereocenters. The van der Waals surface area contributed by atoms with Crippen LogP contribution in [0.4, 0.5) is 0 Å². The molecule has 0 saturated heterocycles. The first-order chi connectivity index (χ1) is 14.2. The summed E-state index contributed by atoms with van der Waals surface area (Å²) in [5.74, 6) is -0.187. The summed E-state index contributed by atoms with van der Waals surface area (Å²) in [6.07, 6.45) is 0.914. The normalized spacial score (nSPS) is 12.4. The maximum Gasteiger partial charge on any atom is 0.279 e. The highest BCUT2D eigenvalue weighted by atomic mass is 32.1. The number of hydrogen-bond acceptors (Lipinski definition) is 2. The summed E-state index contributed by atoms with van der Waals surface area (Å²) in [6.45, 7) is 15.8. The van der Waals surface area contributed by atoms with Crippen LogP contribution in [0.5, 0.6) is 0 Å². The standard InChI is InChI=1S/C26H32N2OS/c1-8-22-23(20-11-10-17(3)18(4)16-20)28(9-2)25(30-22)27-24(29)19-12-14-21(15-13-19)26(5,6)7/h10-16H,8-9H2,1-7H3. The Morgan fingerprint density at radius 2 is 1.67 bits per heavy atom. The van der Waals surface area contributed by atoms with Crippen molar-refractivity contribution in [2.24, 2.45) is 4.99 Å². The van der Waals surface area contributed by atoms with Gasteiger partial charge in [0.15, 0.2) is 4.80 Å². The van der Waals surface area contributed by atoms with Crippen LogP contribution in [-0.4, -0.2) is 10.5 Å². The molecule has 1 amide bonds. The van der Waals surface area contributed by atoms with Gasteiger partial charge in [0, 0.05) is 17.0 Å². The Hall–Kier alpha value is -2.46. The molecule has 158 valence electrons. The Kier molecular flexibility index (Phi) is 6.47. The van der Waals surface area contributed by atoms with E-state index in [-0.39, 0.29) is 11.3 Å². The molecule has 1 aromatic heterocycles. The number of rotatable bonds is 4. The number of aryl methyl sites for hydroxylation is 3. The van der Waals surface area contributed by atoms with E-state index in [9.17, 15) is 4.79 Å². The van der Waals surface area contributed by atoms with Gasteiger partial charge < -0.3 is 4.57 Å². The molecule has 2 aromatic carbocycles. The van der Waals surface area contributed by atoms with E-state index < -0.39 is 0 Å². The maximum atomic E-state index is 12.9. The molecule has 0 aliphatic rings.